The van der Waals surface area contributed by atoms with Crippen LogP contribution in [0.3, 0.4) is 0 Å². The lowest BCUT2D eigenvalue weighted by atomic mass is 9.85. The molecule has 0 saturated carbocycles. The molecule has 0 radical (unpaired) electrons. The standard InChI is InChI=1S/C11H21NO/c1-8(2)9(3)11(12)10-5-4-6-13-7-10/h7-9,11H,4-6,12H2,1-3H3. The number of nitrogens with two attached hydrogens (primary N) is 1. The van der Waals surface area contributed by atoms with Gasteiger partial charge in [-0.2, -0.15) is 0 Å². The molecule has 1 aliphatic heterocycles. The number of hydrogen-bond acceptors (Lipinski definition) is 2. The molecular formula is C11H21NO. The monoisotopic (exact) mass is 183 g/mol. The molecule has 1 rings (SSSR count). The van der Waals surface area contributed by atoms with Crippen molar-refractivity contribution in [2.75, 3.05) is 6.61 Å². The van der Waals surface area contributed by atoms with Gasteiger partial charge in [0.25, 0.3) is 0 Å². The first-order valence-corrected chi connectivity index (χ1v) is 5.19. The molecule has 2 nitrogen and oxygen atoms in total. The lowest BCUT2D eigenvalue weighted by molar-refractivity contribution is 0.215. The van der Waals surface area contributed by atoms with Gasteiger partial charge in [0.1, 0.15) is 0 Å². The molecule has 0 bridgehead atoms. The summed E-state index contributed by atoms with van der Waals surface area (Å²) in [6.07, 6.45) is 4.09. The topological polar surface area (TPSA) is 35.2 Å². The van der Waals surface area contributed by atoms with Crippen LogP contribution < -0.4 is 5.73 Å². The van der Waals surface area contributed by atoms with Crippen LogP contribution in [0.15, 0.2) is 11.8 Å². The van der Waals surface area contributed by atoms with Gasteiger partial charge >= 0.3 is 0 Å². The van der Waals surface area contributed by atoms with E-state index < -0.39 is 0 Å². The summed E-state index contributed by atoms with van der Waals surface area (Å²) >= 11 is 0. The van der Waals surface area contributed by atoms with E-state index in [9.17, 15) is 0 Å². The van der Waals surface area contributed by atoms with E-state index >= 15 is 0 Å². The second-order valence-electron chi connectivity index (χ2n) is 4.30. The van der Waals surface area contributed by atoms with Crippen molar-refractivity contribution in [1.29, 1.82) is 0 Å². The van der Waals surface area contributed by atoms with E-state index in [1.165, 1.54) is 5.57 Å². The molecule has 2 atom stereocenters. The highest BCUT2D eigenvalue weighted by Crippen LogP contribution is 2.23. The fourth-order valence-corrected chi connectivity index (χ4v) is 1.58. The molecule has 2 unspecified atom stereocenters. The predicted molar refractivity (Wildman–Crippen MR) is 55.2 cm³/mol. The van der Waals surface area contributed by atoms with Crippen LogP contribution in [0, 0.1) is 11.8 Å². The Balaban J connectivity index is 2.54. The van der Waals surface area contributed by atoms with E-state index in [0.717, 1.165) is 19.4 Å². The van der Waals surface area contributed by atoms with Gasteiger partial charge in [-0.3, -0.25) is 0 Å². The predicted octanol–water partition coefficient (Wildman–Crippen LogP) is 2.30. The summed E-state index contributed by atoms with van der Waals surface area (Å²) in [5, 5.41) is 0. The first kappa shape index (κ1) is 10.6. The third-order valence-electron chi connectivity index (χ3n) is 3.01. The molecule has 0 amide bonds. The van der Waals surface area contributed by atoms with Gasteiger partial charge in [0.05, 0.1) is 12.9 Å². The van der Waals surface area contributed by atoms with E-state index in [1.54, 1.807) is 0 Å². The van der Waals surface area contributed by atoms with Gasteiger partial charge < -0.3 is 10.5 Å². The molecule has 2 heteroatoms. The van der Waals surface area contributed by atoms with Crippen LogP contribution in [0.4, 0.5) is 0 Å². The van der Waals surface area contributed by atoms with E-state index in [0.29, 0.717) is 11.8 Å². The van der Waals surface area contributed by atoms with Crippen LogP contribution >= 0.6 is 0 Å². The zero-order valence-corrected chi connectivity index (χ0v) is 8.92. The van der Waals surface area contributed by atoms with Crippen molar-refractivity contribution in [3.8, 4) is 0 Å². The molecular weight excluding hydrogens is 162 g/mol. The Morgan fingerprint density at radius 2 is 2.08 bits per heavy atom. The summed E-state index contributed by atoms with van der Waals surface area (Å²) in [6, 6.07) is 0.181. The molecule has 2 N–H and O–H groups in total. The van der Waals surface area contributed by atoms with Crippen LogP contribution in [-0.4, -0.2) is 12.6 Å². The lowest BCUT2D eigenvalue weighted by Gasteiger charge is -2.27. The second kappa shape index (κ2) is 4.66. The van der Waals surface area contributed by atoms with Gasteiger partial charge in [0.2, 0.25) is 0 Å². The Morgan fingerprint density at radius 3 is 2.54 bits per heavy atom. The maximum absolute atomic E-state index is 6.14. The van der Waals surface area contributed by atoms with E-state index in [4.69, 9.17) is 10.5 Å². The maximum Gasteiger partial charge on any atom is 0.0876 e. The summed E-state index contributed by atoms with van der Waals surface area (Å²) in [6.45, 7) is 7.50. The highest BCUT2D eigenvalue weighted by molar-refractivity contribution is 5.10. The van der Waals surface area contributed by atoms with Gasteiger partial charge in [0, 0.05) is 6.04 Å². The van der Waals surface area contributed by atoms with Crippen LogP contribution in [0.1, 0.15) is 33.6 Å². The van der Waals surface area contributed by atoms with Crippen molar-refractivity contribution in [1.82, 2.24) is 0 Å². The smallest absolute Gasteiger partial charge is 0.0876 e. The average Bonchev–Trinajstić information content (AvgIpc) is 2.17. The van der Waals surface area contributed by atoms with Gasteiger partial charge in [-0.15, -0.1) is 0 Å². The van der Waals surface area contributed by atoms with Crippen molar-refractivity contribution in [2.45, 2.75) is 39.7 Å². The molecule has 0 aliphatic carbocycles. The number of hydrogen-bond donors (Lipinski definition) is 1. The molecule has 0 spiro atoms. The van der Waals surface area contributed by atoms with Crippen LogP contribution in [-0.2, 0) is 4.74 Å². The molecule has 13 heavy (non-hydrogen) atoms. The lowest BCUT2D eigenvalue weighted by Crippen LogP contribution is -2.34. The third kappa shape index (κ3) is 2.73. The van der Waals surface area contributed by atoms with Crippen molar-refractivity contribution in [3.05, 3.63) is 11.8 Å². The normalized spacial score (nSPS) is 22.1. The second-order valence-corrected chi connectivity index (χ2v) is 4.30. The molecule has 1 heterocycles. The quantitative estimate of drug-likeness (QED) is 0.728. The zero-order chi connectivity index (χ0) is 9.84. The molecule has 1 aliphatic rings. The van der Waals surface area contributed by atoms with Crippen molar-refractivity contribution in [2.24, 2.45) is 17.6 Å². The van der Waals surface area contributed by atoms with Crippen LogP contribution in [0.5, 0.6) is 0 Å². The Hall–Kier alpha value is -0.500. The molecule has 76 valence electrons. The molecule has 0 fully saturated rings. The summed E-state index contributed by atoms with van der Waals surface area (Å²) in [5.41, 5.74) is 7.43. The van der Waals surface area contributed by atoms with Gasteiger partial charge in [-0.25, -0.2) is 0 Å². The Morgan fingerprint density at radius 1 is 1.38 bits per heavy atom. The van der Waals surface area contributed by atoms with E-state index in [1.807, 2.05) is 6.26 Å². The molecule has 0 aromatic rings. The van der Waals surface area contributed by atoms with Gasteiger partial charge in [-0.05, 0) is 30.3 Å². The van der Waals surface area contributed by atoms with Crippen molar-refractivity contribution in [3.63, 3.8) is 0 Å². The van der Waals surface area contributed by atoms with Crippen LogP contribution in [0.25, 0.3) is 0 Å². The third-order valence-corrected chi connectivity index (χ3v) is 3.01. The van der Waals surface area contributed by atoms with E-state index in [2.05, 4.69) is 20.8 Å². The summed E-state index contributed by atoms with van der Waals surface area (Å²) in [5.74, 6) is 1.17. The maximum atomic E-state index is 6.14. The fraction of sp³-hybridized carbons (Fsp3) is 0.818. The van der Waals surface area contributed by atoms with Crippen LogP contribution in [0.2, 0.25) is 0 Å². The highest BCUT2D eigenvalue weighted by atomic mass is 16.5. The first-order valence-electron chi connectivity index (χ1n) is 5.19. The first-order chi connectivity index (χ1) is 6.13. The zero-order valence-electron chi connectivity index (χ0n) is 8.92. The molecule has 0 saturated heterocycles. The van der Waals surface area contributed by atoms with Gasteiger partial charge in [0.15, 0.2) is 0 Å². The fourth-order valence-electron chi connectivity index (χ4n) is 1.58. The minimum Gasteiger partial charge on any atom is -0.501 e. The van der Waals surface area contributed by atoms with E-state index in [-0.39, 0.29) is 6.04 Å². The molecule has 0 aromatic carbocycles. The summed E-state index contributed by atoms with van der Waals surface area (Å²) in [4.78, 5) is 0. The number of rotatable bonds is 3. The van der Waals surface area contributed by atoms with Crippen molar-refractivity contribution < 1.29 is 4.74 Å². The SMILES string of the molecule is CC(C)C(C)C(N)C1=COCCC1. The van der Waals surface area contributed by atoms with Crippen molar-refractivity contribution >= 4 is 0 Å². The summed E-state index contributed by atoms with van der Waals surface area (Å²) in [7, 11) is 0. The number of ether oxygens (including phenoxy) is 1. The van der Waals surface area contributed by atoms with Gasteiger partial charge in [-0.1, -0.05) is 20.8 Å². The average molecular weight is 183 g/mol. The molecule has 0 aromatic heterocycles. The highest BCUT2D eigenvalue weighted by Gasteiger charge is 2.21. The minimum absolute atomic E-state index is 0.181. The largest absolute Gasteiger partial charge is 0.501 e. The Bertz CT molecular complexity index is 187. The summed E-state index contributed by atoms with van der Waals surface area (Å²) < 4.78 is 5.29. The minimum atomic E-state index is 0.181. The Labute approximate surface area is 81.1 Å². The Kier molecular flexibility index (Phi) is 3.79.